The van der Waals surface area contributed by atoms with Gasteiger partial charge in [0.05, 0.1) is 19.6 Å². The van der Waals surface area contributed by atoms with Crippen molar-refractivity contribution in [3.63, 3.8) is 0 Å². The molecule has 3 rings (SSSR count). The first-order valence-corrected chi connectivity index (χ1v) is 8.21. The van der Waals surface area contributed by atoms with Gasteiger partial charge in [-0.15, -0.1) is 0 Å². The first kappa shape index (κ1) is 16.8. The van der Waals surface area contributed by atoms with E-state index >= 15 is 0 Å². The van der Waals surface area contributed by atoms with Crippen molar-refractivity contribution >= 4 is 17.6 Å². The Labute approximate surface area is 146 Å². The van der Waals surface area contributed by atoms with Crippen LogP contribution in [-0.4, -0.2) is 24.3 Å². The van der Waals surface area contributed by atoms with Crippen LogP contribution in [0, 0.1) is 0 Å². The van der Waals surface area contributed by atoms with Gasteiger partial charge in [0.25, 0.3) is 0 Å². The molecule has 0 aromatic heterocycles. The Kier molecular flexibility index (Phi) is 5.07. The lowest BCUT2D eigenvalue weighted by Gasteiger charge is -2.26. The Hall–Kier alpha value is -2.04. The minimum absolute atomic E-state index is 0.0583. The summed E-state index contributed by atoms with van der Waals surface area (Å²) in [6, 6.07) is 13.4. The van der Waals surface area contributed by atoms with Gasteiger partial charge in [-0.25, -0.2) is 0 Å². The molecule has 2 aromatic carbocycles. The van der Waals surface area contributed by atoms with Gasteiger partial charge in [0, 0.05) is 11.4 Å². The highest BCUT2D eigenvalue weighted by Gasteiger charge is 2.28. The van der Waals surface area contributed by atoms with Gasteiger partial charge in [-0.1, -0.05) is 35.9 Å². The van der Waals surface area contributed by atoms with E-state index in [0.29, 0.717) is 17.9 Å². The molecule has 126 valence electrons. The zero-order valence-corrected chi connectivity index (χ0v) is 14.1. The first-order chi connectivity index (χ1) is 11.5. The van der Waals surface area contributed by atoms with E-state index in [9.17, 15) is 9.90 Å². The number of methoxy groups -OCH3 is 1. The highest BCUT2D eigenvalue weighted by molar-refractivity contribution is 6.31. The van der Waals surface area contributed by atoms with Gasteiger partial charge >= 0.3 is 5.97 Å². The minimum Gasteiger partial charge on any atom is -0.497 e. The predicted molar refractivity (Wildman–Crippen MR) is 91.3 cm³/mol. The second-order valence-electron chi connectivity index (χ2n) is 5.95. The van der Waals surface area contributed by atoms with Crippen LogP contribution in [0.5, 0.6) is 5.75 Å². The molecule has 0 radical (unpaired) electrons. The van der Waals surface area contributed by atoms with Crippen LogP contribution in [0.25, 0.3) is 0 Å². The second-order valence-corrected chi connectivity index (χ2v) is 6.36. The molecule has 0 spiro atoms. The molecule has 2 atom stereocenters. The largest absolute Gasteiger partial charge is 0.497 e. The molecule has 24 heavy (non-hydrogen) atoms. The zero-order chi connectivity index (χ0) is 17.1. The van der Waals surface area contributed by atoms with Gasteiger partial charge in [-0.2, -0.15) is 0 Å². The van der Waals surface area contributed by atoms with E-state index in [-0.39, 0.29) is 12.4 Å². The van der Waals surface area contributed by atoms with Gasteiger partial charge in [-0.05, 0) is 41.3 Å². The second kappa shape index (κ2) is 7.24. The van der Waals surface area contributed by atoms with Crippen LogP contribution in [-0.2, 0) is 16.0 Å². The van der Waals surface area contributed by atoms with Crippen molar-refractivity contribution < 1.29 is 19.4 Å². The summed E-state index contributed by atoms with van der Waals surface area (Å²) in [5, 5.41) is 10.4. The Morgan fingerprint density at radius 1 is 1.25 bits per heavy atom. The number of carbonyl (C=O) groups excluding carboxylic acids is 1. The molecule has 0 aliphatic carbocycles. The quantitative estimate of drug-likeness (QED) is 0.858. The monoisotopic (exact) mass is 346 g/mol. The number of cyclic esters (lactones) is 1. The number of benzene rings is 2. The first-order valence-electron chi connectivity index (χ1n) is 7.84. The summed E-state index contributed by atoms with van der Waals surface area (Å²) < 4.78 is 10.5. The van der Waals surface area contributed by atoms with Crippen LogP contribution in [0.1, 0.15) is 35.6 Å². The van der Waals surface area contributed by atoms with Crippen molar-refractivity contribution in [3.05, 3.63) is 64.2 Å². The number of hydrogen-bond acceptors (Lipinski definition) is 4. The molecule has 4 nitrogen and oxygen atoms in total. The van der Waals surface area contributed by atoms with Crippen LogP contribution >= 0.6 is 11.6 Å². The summed E-state index contributed by atoms with van der Waals surface area (Å²) >= 11 is 6.32. The molecule has 1 saturated heterocycles. The maximum atomic E-state index is 11.5. The topological polar surface area (TPSA) is 55.8 Å². The zero-order valence-electron chi connectivity index (χ0n) is 13.4. The maximum Gasteiger partial charge on any atom is 0.309 e. The van der Waals surface area contributed by atoms with Crippen LogP contribution in [0.2, 0.25) is 5.02 Å². The molecule has 1 heterocycles. The standard InChI is InChI=1S/C19H19ClO4/c1-23-16-5-2-12(3-6-16)8-14-9-13(4-7-17(14)20)18-10-15(21)11-19(22)24-18/h2-7,9,15,18,21H,8,10-11H2,1H3. The van der Waals surface area contributed by atoms with E-state index in [1.54, 1.807) is 7.11 Å². The van der Waals surface area contributed by atoms with Crippen LogP contribution in [0.4, 0.5) is 0 Å². The molecule has 2 unspecified atom stereocenters. The number of ether oxygens (including phenoxy) is 2. The molecule has 0 bridgehead atoms. The maximum absolute atomic E-state index is 11.5. The van der Waals surface area contributed by atoms with Crippen molar-refractivity contribution in [3.8, 4) is 5.75 Å². The fraction of sp³-hybridized carbons (Fsp3) is 0.316. The highest BCUT2D eigenvalue weighted by atomic mass is 35.5. The Morgan fingerprint density at radius 3 is 2.67 bits per heavy atom. The smallest absolute Gasteiger partial charge is 0.309 e. The summed E-state index contributed by atoms with van der Waals surface area (Å²) in [4.78, 5) is 11.5. The van der Waals surface area contributed by atoms with Gasteiger partial charge in [0.1, 0.15) is 11.9 Å². The number of halogens is 1. The fourth-order valence-electron chi connectivity index (χ4n) is 2.88. The molecule has 1 N–H and O–H groups in total. The van der Waals surface area contributed by atoms with Crippen molar-refractivity contribution in [2.75, 3.05) is 7.11 Å². The summed E-state index contributed by atoms with van der Waals surface area (Å²) in [5.41, 5.74) is 2.92. The Balaban J connectivity index is 1.81. The van der Waals surface area contributed by atoms with Gasteiger partial charge in [0.2, 0.25) is 0 Å². The van der Waals surface area contributed by atoms with Crippen LogP contribution < -0.4 is 4.74 Å². The average molecular weight is 347 g/mol. The number of carbonyl (C=O) groups is 1. The molecule has 1 aliphatic rings. The van der Waals surface area contributed by atoms with Crippen LogP contribution in [0.15, 0.2) is 42.5 Å². The third kappa shape index (κ3) is 3.89. The number of esters is 1. The van der Waals surface area contributed by atoms with E-state index < -0.39 is 12.2 Å². The average Bonchev–Trinajstić information content (AvgIpc) is 2.56. The Bertz CT molecular complexity index is 727. The lowest BCUT2D eigenvalue weighted by molar-refractivity contribution is -0.160. The van der Waals surface area contributed by atoms with E-state index in [0.717, 1.165) is 22.4 Å². The molecule has 0 amide bonds. The van der Waals surface area contributed by atoms with Gasteiger partial charge < -0.3 is 14.6 Å². The lowest BCUT2D eigenvalue weighted by Crippen LogP contribution is -2.27. The summed E-state index contributed by atoms with van der Waals surface area (Å²) in [7, 11) is 1.63. The van der Waals surface area contributed by atoms with Crippen molar-refractivity contribution in [2.24, 2.45) is 0 Å². The third-order valence-corrected chi connectivity index (χ3v) is 4.53. The van der Waals surface area contributed by atoms with Crippen molar-refractivity contribution in [1.82, 2.24) is 0 Å². The highest BCUT2D eigenvalue weighted by Crippen LogP contribution is 2.32. The molecule has 1 aliphatic heterocycles. The summed E-state index contributed by atoms with van der Waals surface area (Å²) in [6.45, 7) is 0. The Morgan fingerprint density at radius 2 is 2.00 bits per heavy atom. The molecule has 1 fully saturated rings. The molecule has 2 aromatic rings. The SMILES string of the molecule is COc1ccc(Cc2cc(C3CC(O)CC(=O)O3)ccc2Cl)cc1. The number of aliphatic hydroxyl groups is 1. The molecule has 0 saturated carbocycles. The van der Waals surface area contributed by atoms with Gasteiger partial charge in [-0.3, -0.25) is 4.79 Å². The normalized spacial score (nSPS) is 20.5. The summed E-state index contributed by atoms with van der Waals surface area (Å²) in [6.07, 6.45) is 0.0583. The van der Waals surface area contributed by atoms with E-state index in [4.69, 9.17) is 21.1 Å². The van der Waals surface area contributed by atoms with E-state index in [1.807, 2.05) is 42.5 Å². The van der Waals surface area contributed by atoms with Crippen LogP contribution in [0.3, 0.4) is 0 Å². The van der Waals surface area contributed by atoms with Crippen molar-refractivity contribution in [1.29, 1.82) is 0 Å². The van der Waals surface area contributed by atoms with Crippen molar-refractivity contribution in [2.45, 2.75) is 31.5 Å². The van der Waals surface area contributed by atoms with Gasteiger partial charge in [0.15, 0.2) is 0 Å². The number of rotatable bonds is 4. The minimum atomic E-state index is -0.656. The fourth-order valence-corrected chi connectivity index (χ4v) is 3.06. The van der Waals surface area contributed by atoms with E-state index in [2.05, 4.69) is 0 Å². The summed E-state index contributed by atoms with van der Waals surface area (Å²) in [5.74, 6) is 0.437. The van der Waals surface area contributed by atoms with E-state index in [1.165, 1.54) is 0 Å². The molecular weight excluding hydrogens is 328 g/mol. The molecule has 5 heteroatoms. The third-order valence-electron chi connectivity index (χ3n) is 4.16. The number of aliphatic hydroxyl groups excluding tert-OH is 1. The molecular formula is C19H19ClO4. The lowest BCUT2D eigenvalue weighted by atomic mass is 9.96. The predicted octanol–water partition coefficient (Wildman–Crippen LogP) is 3.68. The number of hydrogen-bond donors (Lipinski definition) is 1.